The summed E-state index contributed by atoms with van der Waals surface area (Å²) in [5, 5.41) is 3.24. The predicted octanol–water partition coefficient (Wildman–Crippen LogP) is 1.67. The summed E-state index contributed by atoms with van der Waals surface area (Å²) < 4.78 is 5.40. The first kappa shape index (κ1) is 13.0. The Morgan fingerprint density at radius 1 is 1.56 bits per heavy atom. The number of hydrogen-bond donors (Lipinski definition) is 2. The SMILES string of the molecule is CC(C)(C)OC(=O)N1C2=C(C=CC1N)CCCN2. The Bertz CT molecular complexity index is 407. The van der Waals surface area contributed by atoms with Gasteiger partial charge in [-0.2, -0.15) is 0 Å². The minimum Gasteiger partial charge on any atom is -0.443 e. The molecule has 3 N–H and O–H groups in total. The van der Waals surface area contributed by atoms with E-state index in [0.29, 0.717) is 0 Å². The molecule has 2 heterocycles. The smallest absolute Gasteiger partial charge is 0.417 e. The molecule has 0 aromatic heterocycles. The van der Waals surface area contributed by atoms with Crippen LogP contribution in [0.15, 0.2) is 23.5 Å². The average molecular weight is 251 g/mol. The first-order valence-corrected chi connectivity index (χ1v) is 6.31. The third kappa shape index (κ3) is 2.67. The molecule has 5 heteroatoms. The zero-order valence-corrected chi connectivity index (χ0v) is 11.2. The summed E-state index contributed by atoms with van der Waals surface area (Å²) in [7, 11) is 0. The summed E-state index contributed by atoms with van der Waals surface area (Å²) in [4.78, 5) is 13.7. The second-order valence-electron chi connectivity index (χ2n) is 5.60. The van der Waals surface area contributed by atoms with Gasteiger partial charge in [-0.1, -0.05) is 6.08 Å². The fourth-order valence-corrected chi connectivity index (χ4v) is 2.09. The first-order chi connectivity index (χ1) is 8.38. The quantitative estimate of drug-likeness (QED) is 0.687. The fraction of sp³-hybridized carbons (Fsp3) is 0.615. The molecule has 0 aromatic rings. The van der Waals surface area contributed by atoms with Gasteiger partial charge in [0.25, 0.3) is 0 Å². The van der Waals surface area contributed by atoms with Crippen molar-refractivity contribution in [3.63, 3.8) is 0 Å². The van der Waals surface area contributed by atoms with Crippen molar-refractivity contribution in [2.75, 3.05) is 6.54 Å². The standard InChI is InChI=1S/C13H21N3O2/c1-13(2,3)18-12(17)16-10(14)7-6-9-5-4-8-15-11(9)16/h6-7,10,15H,4-5,8,14H2,1-3H3. The molecule has 1 unspecified atom stereocenters. The van der Waals surface area contributed by atoms with Crippen molar-refractivity contribution in [1.82, 2.24) is 10.2 Å². The fourth-order valence-electron chi connectivity index (χ4n) is 2.09. The van der Waals surface area contributed by atoms with Gasteiger partial charge in [0, 0.05) is 6.54 Å². The third-order valence-electron chi connectivity index (χ3n) is 2.84. The van der Waals surface area contributed by atoms with Gasteiger partial charge in [-0.3, -0.25) is 0 Å². The van der Waals surface area contributed by atoms with Gasteiger partial charge in [0.05, 0.1) is 0 Å². The summed E-state index contributed by atoms with van der Waals surface area (Å²) in [5.41, 5.74) is 6.57. The Morgan fingerprint density at radius 2 is 2.28 bits per heavy atom. The number of amides is 1. The summed E-state index contributed by atoms with van der Waals surface area (Å²) in [6.45, 7) is 6.40. The van der Waals surface area contributed by atoms with E-state index in [1.165, 1.54) is 4.90 Å². The van der Waals surface area contributed by atoms with E-state index in [4.69, 9.17) is 10.5 Å². The van der Waals surface area contributed by atoms with Crippen molar-refractivity contribution in [2.24, 2.45) is 5.73 Å². The minimum atomic E-state index is -0.520. The average Bonchev–Trinajstić information content (AvgIpc) is 2.26. The van der Waals surface area contributed by atoms with E-state index < -0.39 is 17.9 Å². The maximum atomic E-state index is 12.2. The second kappa shape index (κ2) is 4.65. The van der Waals surface area contributed by atoms with Gasteiger partial charge in [0.2, 0.25) is 0 Å². The van der Waals surface area contributed by atoms with E-state index in [0.717, 1.165) is 30.8 Å². The van der Waals surface area contributed by atoms with Gasteiger partial charge in [-0.05, 0) is 45.3 Å². The maximum absolute atomic E-state index is 12.2. The highest BCUT2D eigenvalue weighted by molar-refractivity contribution is 5.72. The van der Waals surface area contributed by atoms with Crippen LogP contribution in [0.5, 0.6) is 0 Å². The van der Waals surface area contributed by atoms with Crippen molar-refractivity contribution >= 4 is 6.09 Å². The third-order valence-corrected chi connectivity index (χ3v) is 2.84. The van der Waals surface area contributed by atoms with Crippen molar-refractivity contribution in [2.45, 2.75) is 45.4 Å². The molecule has 0 aromatic carbocycles. The van der Waals surface area contributed by atoms with Crippen LogP contribution in [0.2, 0.25) is 0 Å². The lowest BCUT2D eigenvalue weighted by Gasteiger charge is -2.37. The van der Waals surface area contributed by atoms with Gasteiger partial charge in [-0.25, -0.2) is 9.69 Å². The van der Waals surface area contributed by atoms with E-state index >= 15 is 0 Å². The zero-order chi connectivity index (χ0) is 13.3. The lowest BCUT2D eigenvalue weighted by Crippen LogP contribution is -2.51. The highest BCUT2D eigenvalue weighted by atomic mass is 16.6. The van der Waals surface area contributed by atoms with Crippen LogP contribution in [0, 0.1) is 0 Å². The number of rotatable bonds is 0. The summed E-state index contributed by atoms with van der Waals surface area (Å²) in [6, 6.07) is 0. The molecule has 100 valence electrons. The van der Waals surface area contributed by atoms with Gasteiger partial charge >= 0.3 is 6.09 Å². The first-order valence-electron chi connectivity index (χ1n) is 6.31. The second-order valence-corrected chi connectivity index (χ2v) is 5.60. The van der Waals surface area contributed by atoms with E-state index in [9.17, 15) is 4.79 Å². The van der Waals surface area contributed by atoms with Crippen LogP contribution >= 0.6 is 0 Å². The van der Waals surface area contributed by atoms with E-state index in [1.54, 1.807) is 0 Å². The summed E-state index contributed by atoms with van der Waals surface area (Å²) in [5.74, 6) is 0.797. The number of nitrogens with zero attached hydrogens (tertiary/aromatic N) is 1. The molecule has 18 heavy (non-hydrogen) atoms. The molecule has 2 aliphatic rings. The van der Waals surface area contributed by atoms with Gasteiger partial charge in [-0.15, -0.1) is 0 Å². The Labute approximate surface area is 108 Å². The Kier molecular flexibility index (Phi) is 3.34. The number of nitrogens with one attached hydrogen (secondary N) is 1. The van der Waals surface area contributed by atoms with E-state index in [1.807, 2.05) is 32.9 Å². The van der Waals surface area contributed by atoms with Crippen LogP contribution < -0.4 is 11.1 Å². The molecule has 0 aliphatic carbocycles. The van der Waals surface area contributed by atoms with Gasteiger partial charge in [0.15, 0.2) is 0 Å². The van der Waals surface area contributed by atoms with Gasteiger partial charge in [0.1, 0.15) is 17.6 Å². The number of nitrogens with two attached hydrogens (primary N) is 1. The molecular weight excluding hydrogens is 230 g/mol. The molecule has 2 rings (SSSR count). The van der Waals surface area contributed by atoms with Crippen LogP contribution in [0.3, 0.4) is 0 Å². The summed E-state index contributed by atoms with van der Waals surface area (Å²) >= 11 is 0. The zero-order valence-electron chi connectivity index (χ0n) is 11.2. The van der Waals surface area contributed by atoms with Crippen molar-refractivity contribution in [3.05, 3.63) is 23.5 Å². The minimum absolute atomic E-state index is 0.402. The lowest BCUT2D eigenvalue weighted by atomic mass is 10.0. The number of carbonyl (C=O) groups is 1. The normalized spacial score (nSPS) is 23.6. The highest BCUT2D eigenvalue weighted by Gasteiger charge is 2.32. The molecule has 5 nitrogen and oxygen atoms in total. The molecule has 0 saturated heterocycles. The molecule has 0 radical (unpaired) electrons. The Balaban J connectivity index is 2.22. The number of carbonyl (C=O) groups excluding carboxylic acids is 1. The summed E-state index contributed by atoms with van der Waals surface area (Å²) in [6.07, 6.45) is 4.99. The van der Waals surface area contributed by atoms with Crippen molar-refractivity contribution < 1.29 is 9.53 Å². The van der Waals surface area contributed by atoms with Crippen LogP contribution in [0.1, 0.15) is 33.6 Å². The molecule has 1 atom stereocenters. The molecular formula is C13H21N3O2. The van der Waals surface area contributed by atoms with Crippen LogP contribution in [0.4, 0.5) is 4.79 Å². The van der Waals surface area contributed by atoms with Crippen LogP contribution in [-0.2, 0) is 4.74 Å². The van der Waals surface area contributed by atoms with Crippen LogP contribution in [0.25, 0.3) is 0 Å². The predicted molar refractivity (Wildman–Crippen MR) is 69.5 cm³/mol. The number of ether oxygens (including phenoxy) is 1. The topological polar surface area (TPSA) is 67.6 Å². The largest absolute Gasteiger partial charge is 0.443 e. The number of hydrogen-bond acceptors (Lipinski definition) is 4. The molecule has 0 saturated carbocycles. The molecule has 2 aliphatic heterocycles. The lowest BCUT2D eigenvalue weighted by molar-refractivity contribution is 0.0252. The molecule has 0 bridgehead atoms. The monoisotopic (exact) mass is 251 g/mol. The maximum Gasteiger partial charge on any atom is 0.417 e. The molecule has 0 spiro atoms. The van der Waals surface area contributed by atoms with E-state index in [-0.39, 0.29) is 0 Å². The number of allylic oxidation sites excluding steroid dienone is 2. The Morgan fingerprint density at radius 3 is 2.94 bits per heavy atom. The van der Waals surface area contributed by atoms with E-state index in [2.05, 4.69) is 5.32 Å². The van der Waals surface area contributed by atoms with Crippen molar-refractivity contribution in [1.29, 1.82) is 0 Å². The molecule has 1 amide bonds. The van der Waals surface area contributed by atoms with Gasteiger partial charge < -0.3 is 15.8 Å². The molecule has 0 fully saturated rings. The highest BCUT2D eigenvalue weighted by Crippen LogP contribution is 2.26. The van der Waals surface area contributed by atoms with Crippen LogP contribution in [-0.4, -0.2) is 29.3 Å². The van der Waals surface area contributed by atoms with Crippen molar-refractivity contribution in [3.8, 4) is 0 Å². The Hall–Kier alpha value is -1.49.